The maximum atomic E-state index is 11.5. The zero-order valence-corrected chi connectivity index (χ0v) is 8.10. The summed E-state index contributed by atoms with van der Waals surface area (Å²) >= 11 is 1.70. The van der Waals surface area contributed by atoms with Crippen molar-refractivity contribution in [3.8, 4) is 11.8 Å². The van der Waals surface area contributed by atoms with Crippen molar-refractivity contribution in [2.75, 3.05) is 11.5 Å². The molecule has 0 heterocycles. The van der Waals surface area contributed by atoms with Gasteiger partial charge in [-0.2, -0.15) is 24.9 Å². The van der Waals surface area contributed by atoms with E-state index in [1.54, 1.807) is 11.8 Å². The first-order chi connectivity index (χ1) is 6.06. The average molecular weight is 209 g/mol. The summed E-state index contributed by atoms with van der Waals surface area (Å²) in [5, 5.41) is 0. The summed E-state index contributed by atoms with van der Waals surface area (Å²) < 4.78 is 34.5. The molecule has 0 aromatic heterocycles. The number of unbranched alkanes of at least 4 members (excludes halogenated alkanes) is 1. The van der Waals surface area contributed by atoms with E-state index in [0.717, 1.165) is 17.9 Å². The van der Waals surface area contributed by atoms with Gasteiger partial charge in [-0.3, -0.25) is 0 Å². The number of halogens is 3. The maximum absolute atomic E-state index is 11.5. The van der Waals surface area contributed by atoms with Gasteiger partial charge in [-0.25, -0.2) is 0 Å². The van der Waals surface area contributed by atoms with Crippen LogP contribution in [-0.4, -0.2) is 17.7 Å². The van der Waals surface area contributed by atoms with Crippen molar-refractivity contribution >= 4 is 11.8 Å². The van der Waals surface area contributed by atoms with E-state index in [9.17, 15) is 13.2 Å². The highest BCUT2D eigenvalue weighted by Gasteiger charge is 2.22. The summed E-state index contributed by atoms with van der Waals surface area (Å²) in [5.41, 5.74) is 0. The highest BCUT2D eigenvalue weighted by Crippen LogP contribution is 2.12. The van der Waals surface area contributed by atoms with Gasteiger partial charge in [-0.05, 0) is 24.3 Å². The Labute approximate surface area is 81.3 Å². The highest BCUT2D eigenvalue weighted by atomic mass is 32.2. The lowest BCUT2D eigenvalue weighted by Gasteiger charge is -1.95. The van der Waals surface area contributed by atoms with Crippen LogP contribution in [0.25, 0.3) is 0 Å². The van der Waals surface area contributed by atoms with Gasteiger partial charge in [0.15, 0.2) is 0 Å². The van der Waals surface area contributed by atoms with Gasteiger partial charge < -0.3 is 0 Å². The number of hydrogen-bond acceptors (Lipinski definition) is 1. The SMILES string of the molecule is [CH2]CCSCCCC#CC(F)(F)F. The molecule has 13 heavy (non-hydrogen) atoms. The molecule has 0 saturated heterocycles. The molecule has 1 radical (unpaired) electrons. The van der Waals surface area contributed by atoms with Crippen LogP contribution >= 0.6 is 11.8 Å². The first-order valence-corrected chi connectivity index (χ1v) is 5.15. The van der Waals surface area contributed by atoms with Gasteiger partial charge in [0.1, 0.15) is 0 Å². The normalized spacial score (nSPS) is 10.8. The second-order valence-corrected chi connectivity index (χ2v) is 3.59. The second-order valence-electron chi connectivity index (χ2n) is 2.37. The third-order valence-electron chi connectivity index (χ3n) is 1.11. The number of thioether (sulfide) groups is 1. The van der Waals surface area contributed by atoms with Crippen molar-refractivity contribution in [3.63, 3.8) is 0 Å². The van der Waals surface area contributed by atoms with Crippen molar-refractivity contribution in [3.05, 3.63) is 6.92 Å². The minimum Gasteiger partial charge on any atom is -0.162 e. The van der Waals surface area contributed by atoms with Crippen molar-refractivity contribution in [2.24, 2.45) is 0 Å². The van der Waals surface area contributed by atoms with Crippen LogP contribution in [0.3, 0.4) is 0 Å². The van der Waals surface area contributed by atoms with Gasteiger partial charge in [0.05, 0.1) is 0 Å². The predicted molar refractivity (Wildman–Crippen MR) is 50.4 cm³/mol. The molecule has 75 valence electrons. The molecule has 0 N–H and O–H groups in total. The molecule has 0 bridgehead atoms. The molecule has 0 atom stereocenters. The van der Waals surface area contributed by atoms with Crippen LogP contribution in [0.2, 0.25) is 0 Å². The standard InChI is InChI=1S/C9H12F3S/c1-2-7-13-8-5-3-4-6-9(10,11)12/h1-3,5,7-8H2. The molecule has 0 aromatic carbocycles. The van der Waals surface area contributed by atoms with Crippen LogP contribution in [0.1, 0.15) is 19.3 Å². The fourth-order valence-corrected chi connectivity index (χ4v) is 1.39. The summed E-state index contributed by atoms with van der Waals surface area (Å²) in [6, 6.07) is 0. The molecule has 0 unspecified atom stereocenters. The first-order valence-electron chi connectivity index (χ1n) is 4.00. The topological polar surface area (TPSA) is 0 Å². The average Bonchev–Trinajstić information content (AvgIpc) is 2.01. The monoisotopic (exact) mass is 209 g/mol. The van der Waals surface area contributed by atoms with E-state index in [0.29, 0.717) is 12.8 Å². The van der Waals surface area contributed by atoms with Crippen molar-refractivity contribution in [1.82, 2.24) is 0 Å². The number of alkyl halides is 3. The molecule has 0 amide bonds. The quantitative estimate of drug-likeness (QED) is 0.494. The Bertz CT molecular complexity index is 176. The molecule has 0 aliphatic carbocycles. The Morgan fingerprint density at radius 1 is 1.23 bits per heavy atom. The lowest BCUT2D eigenvalue weighted by molar-refractivity contribution is -0.0697. The summed E-state index contributed by atoms with van der Waals surface area (Å²) in [5.74, 6) is 5.17. The van der Waals surface area contributed by atoms with E-state index in [2.05, 4.69) is 12.8 Å². The van der Waals surface area contributed by atoms with E-state index in [1.165, 1.54) is 5.92 Å². The van der Waals surface area contributed by atoms with Crippen LogP contribution in [-0.2, 0) is 0 Å². The molecule has 0 rings (SSSR count). The molecule has 0 aliphatic rings. The zero-order valence-electron chi connectivity index (χ0n) is 7.28. The molecular formula is C9H12F3S. The number of hydrogen-bond donors (Lipinski definition) is 0. The van der Waals surface area contributed by atoms with Crippen LogP contribution in [0.5, 0.6) is 0 Å². The Morgan fingerprint density at radius 3 is 2.46 bits per heavy atom. The van der Waals surface area contributed by atoms with Crippen molar-refractivity contribution in [1.29, 1.82) is 0 Å². The molecule has 0 saturated carbocycles. The summed E-state index contributed by atoms with van der Waals surface area (Å²) in [6.45, 7) is 3.65. The molecule has 0 fully saturated rings. The molecule has 0 spiro atoms. The van der Waals surface area contributed by atoms with E-state index in [1.807, 2.05) is 0 Å². The van der Waals surface area contributed by atoms with Gasteiger partial charge in [0, 0.05) is 12.3 Å². The van der Waals surface area contributed by atoms with Gasteiger partial charge in [0.2, 0.25) is 0 Å². The molecule has 0 aromatic rings. The smallest absolute Gasteiger partial charge is 0.162 e. The van der Waals surface area contributed by atoms with Gasteiger partial charge >= 0.3 is 6.18 Å². The largest absolute Gasteiger partial charge is 0.457 e. The Balaban J connectivity index is 3.28. The minimum absolute atomic E-state index is 0.323. The fraction of sp³-hybridized carbons (Fsp3) is 0.667. The van der Waals surface area contributed by atoms with E-state index < -0.39 is 6.18 Å². The van der Waals surface area contributed by atoms with Crippen LogP contribution in [0, 0.1) is 18.8 Å². The van der Waals surface area contributed by atoms with E-state index in [4.69, 9.17) is 0 Å². The summed E-state index contributed by atoms with van der Waals surface area (Å²) in [7, 11) is 0. The molecule has 4 heteroatoms. The van der Waals surface area contributed by atoms with E-state index in [-0.39, 0.29) is 0 Å². The fourth-order valence-electron chi connectivity index (χ4n) is 0.629. The third kappa shape index (κ3) is 11.7. The van der Waals surface area contributed by atoms with Crippen LogP contribution in [0.15, 0.2) is 0 Å². The lowest BCUT2D eigenvalue weighted by atomic mass is 10.3. The molecule has 0 nitrogen and oxygen atoms in total. The van der Waals surface area contributed by atoms with E-state index >= 15 is 0 Å². The van der Waals surface area contributed by atoms with Gasteiger partial charge in [0.25, 0.3) is 0 Å². The predicted octanol–water partition coefficient (Wildman–Crippen LogP) is 3.29. The van der Waals surface area contributed by atoms with Gasteiger partial charge in [-0.1, -0.05) is 12.8 Å². The van der Waals surface area contributed by atoms with Crippen LogP contribution in [0.4, 0.5) is 13.2 Å². The van der Waals surface area contributed by atoms with Crippen molar-refractivity contribution < 1.29 is 13.2 Å². The summed E-state index contributed by atoms with van der Waals surface area (Å²) in [6.07, 6.45) is -2.43. The third-order valence-corrected chi connectivity index (χ3v) is 2.26. The Hall–Kier alpha value is -0.300. The summed E-state index contributed by atoms with van der Waals surface area (Å²) in [4.78, 5) is 0. The maximum Gasteiger partial charge on any atom is 0.457 e. The van der Waals surface area contributed by atoms with Crippen molar-refractivity contribution in [2.45, 2.75) is 25.4 Å². The lowest BCUT2D eigenvalue weighted by Crippen LogP contribution is -2.01. The Morgan fingerprint density at radius 2 is 1.92 bits per heavy atom. The zero-order chi connectivity index (χ0) is 10.2. The highest BCUT2D eigenvalue weighted by molar-refractivity contribution is 7.99. The first kappa shape index (κ1) is 12.7. The number of rotatable bonds is 5. The van der Waals surface area contributed by atoms with Crippen LogP contribution < -0.4 is 0 Å². The second kappa shape index (κ2) is 7.14. The minimum atomic E-state index is -4.33. The Kier molecular flexibility index (Phi) is 6.97. The van der Waals surface area contributed by atoms with Gasteiger partial charge in [-0.15, -0.1) is 0 Å². The molecule has 0 aliphatic heterocycles. The molecular weight excluding hydrogens is 197 g/mol.